The van der Waals surface area contributed by atoms with Gasteiger partial charge >= 0.3 is 0 Å². The van der Waals surface area contributed by atoms with Crippen LogP contribution in [0.15, 0.2) is 52.9 Å². The van der Waals surface area contributed by atoms with Crippen molar-refractivity contribution in [3.05, 3.63) is 59.1 Å². The molecule has 3 aliphatic carbocycles. The van der Waals surface area contributed by atoms with E-state index >= 15 is 0 Å². The van der Waals surface area contributed by atoms with Gasteiger partial charge < -0.3 is 4.90 Å². The maximum absolute atomic E-state index is 14.3. The number of carbonyl (C=O) groups is 1. The van der Waals surface area contributed by atoms with Crippen LogP contribution in [0.4, 0.5) is 0 Å². The maximum atomic E-state index is 14.3. The summed E-state index contributed by atoms with van der Waals surface area (Å²) in [6.07, 6.45) is 6.00. The molecule has 3 aromatic rings. The van der Waals surface area contributed by atoms with Crippen LogP contribution in [0.1, 0.15) is 49.7 Å². The lowest BCUT2D eigenvalue weighted by molar-refractivity contribution is -0.139. The average Bonchev–Trinajstić information content (AvgIpc) is 3.73. The van der Waals surface area contributed by atoms with Crippen LogP contribution in [-0.4, -0.2) is 46.6 Å². The lowest BCUT2D eigenvalue weighted by atomic mass is 9.93. The molecular weight excluding hydrogens is 490 g/mol. The molecular formula is C28H31N3O3S2. The van der Waals surface area contributed by atoms with Crippen molar-refractivity contribution < 1.29 is 13.2 Å². The summed E-state index contributed by atoms with van der Waals surface area (Å²) in [5.74, 6) is 1.85. The second-order valence-corrected chi connectivity index (χ2v) is 14.0. The molecule has 6 nitrogen and oxygen atoms in total. The summed E-state index contributed by atoms with van der Waals surface area (Å²) in [5.41, 5.74) is 4.90. The highest BCUT2D eigenvalue weighted by molar-refractivity contribution is 7.89. The Kier molecular flexibility index (Phi) is 5.31. The van der Waals surface area contributed by atoms with Crippen LogP contribution in [0, 0.1) is 24.7 Å². The minimum atomic E-state index is -3.74. The summed E-state index contributed by atoms with van der Waals surface area (Å²) < 4.78 is 30.3. The predicted octanol–water partition coefficient (Wildman–Crippen LogP) is 4.97. The van der Waals surface area contributed by atoms with E-state index in [1.165, 1.54) is 12.8 Å². The third kappa shape index (κ3) is 3.89. The van der Waals surface area contributed by atoms with Gasteiger partial charge in [-0.2, -0.15) is 4.31 Å². The highest BCUT2D eigenvalue weighted by atomic mass is 32.2. The number of sulfonamides is 1. The minimum Gasteiger partial charge on any atom is -0.334 e. The molecule has 1 amide bonds. The van der Waals surface area contributed by atoms with Crippen LogP contribution in [0.2, 0.25) is 0 Å². The SMILES string of the molecule is Cc1ccc(S(=O)(=O)N2[C@@H]3C[C@@H]3C[C@H]2C(=O)N(Cc2ccc3scnc3c2)C2CCC3CC3C2)cc1. The second-order valence-electron chi connectivity index (χ2n) is 11.3. The summed E-state index contributed by atoms with van der Waals surface area (Å²) in [5, 5.41) is 0. The van der Waals surface area contributed by atoms with Gasteiger partial charge in [-0.05, 0) is 93.0 Å². The molecule has 0 N–H and O–H groups in total. The Balaban J connectivity index is 1.21. The first-order valence-corrected chi connectivity index (χ1v) is 15.4. The number of benzene rings is 2. The first-order chi connectivity index (χ1) is 17.4. The van der Waals surface area contributed by atoms with Gasteiger partial charge in [-0.25, -0.2) is 13.4 Å². The molecule has 8 heteroatoms. The van der Waals surface area contributed by atoms with Gasteiger partial charge in [-0.3, -0.25) is 4.79 Å². The van der Waals surface area contributed by atoms with Crippen molar-refractivity contribution in [3.63, 3.8) is 0 Å². The van der Waals surface area contributed by atoms with E-state index in [4.69, 9.17) is 0 Å². The molecule has 7 rings (SSSR count). The number of aromatic nitrogens is 1. The number of carbonyl (C=O) groups excluding carboxylic acids is 1. The Morgan fingerprint density at radius 3 is 2.67 bits per heavy atom. The van der Waals surface area contributed by atoms with E-state index in [1.54, 1.807) is 27.8 Å². The summed E-state index contributed by atoms with van der Waals surface area (Å²) in [4.78, 5) is 21.1. The molecule has 0 bridgehead atoms. The van der Waals surface area contributed by atoms with Crippen LogP contribution < -0.4 is 0 Å². The molecule has 2 aromatic carbocycles. The number of thiazole rings is 1. The van der Waals surface area contributed by atoms with E-state index in [0.29, 0.717) is 18.9 Å². The van der Waals surface area contributed by atoms with Gasteiger partial charge in [0.25, 0.3) is 0 Å². The van der Waals surface area contributed by atoms with Gasteiger partial charge in [0, 0.05) is 18.6 Å². The fourth-order valence-corrected chi connectivity index (χ4v) is 9.20. The van der Waals surface area contributed by atoms with Gasteiger partial charge in [0.05, 0.1) is 20.6 Å². The molecule has 3 saturated carbocycles. The zero-order valence-electron chi connectivity index (χ0n) is 20.4. The third-order valence-electron chi connectivity index (χ3n) is 8.91. The Hall–Kier alpha value is -2.29. The lowest BCUT2D eigenvalue weighted by Gasteiger charge is -2.38. The fraction of sp³-hybridized carbons (Fsp3) is 0.500. The van der Waals surface area contributed by atoms with Crippen molar-refractivity contribution in [2.45, 2.75) is 75.0 Å². The number of piperidine rings is 1. The molecule has 36 heavy (non-hydrogen) atoms. The maximum Gasteiger partial charge on any atom is 0.244 e. The van der Waals surface area contributed by atoms with Crippen molar-refractivity contribution in [1.29, 1.82) is 0 Å². The molecule has 0 radical (unpaired) electrons. The Labute approximate surface area is 216 Å². The topological polar surface area (TPSA) is 70.6 Å². The second kappa shape index (κ2) is 8.36. The van der Waals surface area contributed by atoms with E-state index < -0.39 is 16.1 Å². The van der Waals surface area contributed by atoms with Crippen LogP contribution in [0.3, 0.4) is 0 Å². The Bertz CT molecular complexity index is 1430. The number of fused-ring (bicyclic) bond motifs is 3. The Morgan fingerprint density at radius 2 is 1.86 bits per heavy atom. The highest BCUT2D eigenvalue weighted by Gasteiger charge is 2.60. The molecule has 1 saturated heterocycles. The number of aryl methyl sites for hydroxylation is 1. The van der Waals surface area contributed by atoms with Gasteiger partial charge in [-0.1, -0.05) is 23.8 Å². The van der Waals surface area contributed by atoms with Crippen molar-refractivity contribution in [3.8, 4) is 0 Å². The number of hydrogen-bond donors (Lipinski definition) is 0. The lowest BCUT2D eigenvalue weighted by Crippen LogP contribution is -2.52. The van der Waals surface area contributed by atoms with Gasteiger partial charge in [0.15, 0.2) is 0 Å². The molecule has 6 atom stereocenters. The van der Waals surface area contributed by atoms with Crippen molar-refractivity contribution >= 4 is 37.5 Å². The van der Waals surface area contributed by atoms with Gasteiger partial charge in [-0.15, -0.1) is 11.3 Å². The monoisotopic (exact) mass is 521 g/mol. The standard InChI is InChI=1S/C28H31N3O3S2/c1-17-2-7-23(8-3-17)36(33,34)31-25-13-21(25)14-26(31)28(32)30(22-6-5-19-11-20(19)12-22)15-18-4-9-27-24(10-18)29-16-35-27/h2-4,7-10,16,19-22,25-26H,5-6,11-15H2,1H3/t19?,20?,21-,22?,25-,26+/m1/s1. The number of nitrogens with zero attached hydrogens (tertiary/aromatic N) is 3. The molecule has 0 spiro atoms. The van der Waals surface area contributed by atoms with Crippen LogP contribution in [0.25, 0.3) is 10.2 Å². The van der Waals surface area contributed by atoms with Crippen molar-refractivity contribution in [1.82, 2.24) is 14.2 Å². The van der Waals surface area contributed by atoms with Crippen molar-refractivity contribution in [2.75, 3.05) is 0 Å². The molecule has 4 aliphatic rings. The van der Waals surface area contributed by atoms with E-state index in [1.807, 2.05) is 29.5 Å². The molecule has 2 heterocycles. The van der Waals surface area contributed by atoms with Crippen LogP contribution in [-0.2, 0) is 21.4 Å². The first kappa shape index (κ1) is 22.9. The molecule has 3 unspecified atom stereocenters. The smallest absolute Gasteiger partial charge is 0.244 e. The highest BCUT2D eigenvalue weighted by Crippen LogP contribution is 2.53. The van der Waals surface area contributed by atoms with Crippen LogP contribution in [0.5, 0.6) is 0 Å². The summed E-state index contributed by atoms with van der Waals surface area (Å²) in [6.45, 7) is 2.46. The van der Waals surface area contributed by atoms with Crippen LogP contribution >= 0.6 is 11.3 Å². The number of amides is 1. The predicted molar refractivity (Wildman–Crippen MR) is 140 cm³/mol. The molecule has 1 aromatic heterocycles. The molecule has 1 aliphatic heterocycles. The normalized spacial score (nSPS) is 31.1. The number of rotatable bonds is 6. The fourth-order valence-electron chi connectivity index (χ4n) is 6.69. The first-order valence-electron chi connectivity index (χ1n) is 13.1. The minimum absolute atomic E-state index is 0.0136. The van der Waals surface area contributed by atoms with E-state index in [0.717, 1.165) is 52.4 Å². The van der Waals surface area contributed by atoms with Gasteiger partial charge in [0.2, 0.25) is 15.9 Å². The zero-order valence-corrected chi connectivity index (χ0v) is 22.0. The summed E-state index contributed by atoms with van der Waals surface area (Å²) in [6, 6.07) is 12.8. The molecule has 4 fully saturated rings. The summed E-state index contributed by atoms with van der Waals surface area (Å²) >= 11 is 1.62. The van der Waals surface area contributed by atoms with E-state index in [9.17, 15) is 13.2 Å². The zero-order chi connectivity index (χ0) is 24.6. The summed E-state index contributed by atoms with van der Waals surface area (Å²) in [7, 11) is -3.74. The molecule has 188 valence electrons. The van der Waals surface area contributed by atoms with E-state index in [2.05, 4.69) is 23.2 Å². The van der Waals surface area contributed by atoms with Crippen molar-refractivity contribution in [2.24, 2.45) is 17.8 Å². The Morgan fingerprint density at radius 1 is 1.03 bits per heavy atom. The largest absolute Gasteiger partial charge is 0.334 e. The van der Waals surface area contributed by atoms with Gasteiger partial charge in [0.1, 0.15) is 6.04 Å². The quantitative estimate of drug-likeness (QED) is 0.459. The van der Waals surface area contributed by atoms with E-state index in [-0.39, 0.29) is 22.9 Å². The number of hydrogen-bond acceptors (Lipinski definition) is 5. The third-order valence-corrected chi connectivity index (χ3v) is 11.7. The average molecular weight is 522 g/mol.